The number of aromatic nitrogens is 3. The molecule has 19 heavy (non-hydrogen) atoms. The number of hydrogen-bond donors (Lipinski definition) is 1. The van der Waals surface area contributed by atoms with Gasteiger partial charge in [-0.25, -0.2) is 4.52 Å². The summed E-state index contributed by atoms with van der Waals surface area (Å²) < 4.78 is 1.73. The SMILES string of the molecule is CCCC(C(=O)O)c1nccn2nc(C(C)C)cc12. The molecule has 1 N–H and O–H groups in total. The molecule has 1 atom stereocenters. The summed E-state index contributed by atoms with van der Waals surface area (Å²) in [5, 5.41) is 13.8. The topological polar surface area (TPSA) is 67.5 Å². The third-order valence-electron chi connectivity index (χ3n) is 3.24. The Labute approximate surface area is 112 Å². The second-order valence-electron chi connectivity index (χ2n) is 5.05. The smallest absolute Gasteiger partial charge is 0.312 e. The lowest BCUT2D eigenvalue weighted by Crippen LogP contribution is -2.14. The minimum absolute atomic E-state index is 0.308. The molecule has 0 aliphatic carbocycles. The largest absolute Gasteiger partial charge is 0.481 e. The molecule has 2 rings (SSSR count). The van der Waals surface area contributed by atoms with Crippen molar-refractivity contribution in [2.45, 2.75) is 45.4 Å². The fourth-order valence-corrected chi connectivity index (χ4v) is 2.18. The average Bonchev–Trinajstić information content (AvgIpc) is 2.79. The molecule has 5 heteroatoms. The van der Waals surface area contributed by atoms with Crippen LogP contribution in [-0.4, -0.2) is 25.7 Å². The fraction of sp³-hybridized carbons (Fsp3) is 0.500. The number of aliphatic carboxylic acids is 1. The van der Waals surface area contributed by atoms with E-state index in [9.17, 15) is 9.90 Å². The first-order valence-corrected chi connectivity index (χ1v) is 6.61. The summed E-state index contributed by atoms with van der Waals surface area (Å²) in [7, 11) is 0. The van der Waals surface area contributed by atoms with Gasteiger partial charge in [0, 0.05) is 12.4 Å². The molecule has 2 aromatic heterocycles. The van der Waals surface area contributed by atoms with E-state index in [1.54, 1.807) is 16.9 Å². The van der Waals surface area contributed by atoms with Crippen LogP contribution < -0.4 is 0 Å². The van der Waals surface area contributed by atoms with Gasteiger partial charge in [0.2, 0.25) is 0 Å². The van der Waals surface area contributed by atoms with E-state index in [1.165, 1.54) is 0 Å². The Balaban J connectivity index is 2.55. The minimum Gasteiger partial charge on any atom is -0.481 e. The van der Waals surface area contributed by atoms with Gasteiger partial charge in [-0.2, -0.15) is 5.10 Å². The highest BCUT2D eigenvalue weighted by Crippen LogP contribution is 2.25. The van der Waals surface area contributed by atoms with E-state index >= 15 is 0 Å². The Kier molecular flexibility index (Phi) is 3.83. The normalized spacial score (nSPS) is 13.1. The molecular weight excluding hydrogens is 242 g/mol. The van der Waals surface area contributed by atoms with Crippen LogP contribution in [0, 0.1) is 0 Å². The Morgan fingerprint density at radius 3 is 2.79 bits per heavy atom. The van der Waals surface area contributed by atoms with Crippen LogP contribution in [0.1, 0.15) is 56.8 Å². The lowest BCUT2D eigenvalue weighted by molar-refractivity contribution is -0.139. The van der Waals surface area contributed by atoms with Crippen molar-refractivity contribution in [1.29, 1.82) is 0 Å². The number of fused-ring (bicyclic) bond motifs is 1. The van der Waals surface area contributed by atoms with Gasteiger partial charge < -0.3 is 5.11 Å². The van der Waals surface area contributed by atoms with Crippen LogP contribution in [-0.2, 0) is 4.79 Å². The van der Waals surface area contributed by atoms with Crippen molar-refractivity contribution in [2.24, 2.45) is 0 Å². The van der Waals surface area contributed by atoms with Crippen LogP contribution in [0.4, 0.5) is 0 Å². The van der Waals surface area contributed by atoms with E-state index in [1.807, 2.05) is 13.0 Å². The molecule has 0 radical (unpaired) electrons. The first-order valence-electron chi connectivity index (χ1n) is 6.61. The molecule has 102 valence electrons. The number of carboxylic acids is 1. The van der Waals surface area contributed by atoms with E-state index in [2.05, 4.69) is 23.9 Å². The van der Waals surface area contributed by atoms with Gasteiger partial charge in [-0.1, -0.05) is 27.2 Å². The standard InChI is InChI=1S/C14H19N3O2/c1-4-5-10(14(18)19)13-12-8-11(9(2)3)16-17(12)7-6-15-13/h6-10H,4-5H2,1-3H3,(H,18,19). The van der Waals surface area contributed by atoms with E-state index in [0.717, 1.165) is 17.6 Å². The Morgan fingerprint density at radius 1 is 1.47 bits per heavy atom. The predicted octanol–water partition coefficient (Wildman–Crippen LogP) is 2.82. The highest BCUT2D eigenvalue weighted by Gasteiger charge is 2.23. The van der Waals surface area contributed by atoms with Gasteiger partial charge >= 0.3 is 5.97 Å². The first kappa shape index (κ1) is 13.5. The zero-order chi connectivity index (χ0) is 14.0. The number of rotatable bonds is 5. The summed E-state index contributed by atoms with van der Waals surface area (Å²) in [6.45, 7) is 6.11. The van der Waals surface area contributed by atoms with Gasteiger partial charge in [-0.3, -0.25) is 9.78 Å². The Hall–Kier alpha value is -1.91. The molecule has 0 saturated heterocycles. The molecule has 0 spiro atoms. The molecule has 5 nitrogen and oxygen atoms in total. The first-order chi connectivity index (χ1) is 9.04. The summed E-state index contributed by atoms with van der Waals surface area (Å²) in [5.41, 5.74) is 2.36. The Morgan fingerprint density at radius 2 is 2.21 bits per heavy atom. The summed E-state index contributed by atoms with van der Waals surface area (Å²) >= 11 is 0. The molecular formula is C14H19N3O2. The lowest BCUT2D eigenvalue weighted by atomic mass is 9.98. The van der Waals surface area contributed by atoms with Crippen LogP contribution in [0.15, 0.2) is 18.5 Å². The second kappa shape index (κ2) is 5.38. The molecule has 1 unspecified atom stereocenters. The van der Waals surface area contributed by atoms with E-state index in [0.29, 0.717) is 18.0 Å². The third kappa shape index (κ3) is 2.59. The van der Waals surface area contributed by atoms with Crippen molar-refractivity contribution in [1.82, 2.24) is 14.6 Å². The van der Waals surface area contributed by atoms with Gasteiger partial charge in [0.25, 0.3) is 0 Å². The zero-order valence-electron chi connectivity index (χ0n) is 11.5. The van der Waals surface area contributed by atoms with Crippen LogP contribution >= 0.6 is 0 Å². The minimum atomic E-state index is -0.824. The Bertz CT molecular complexity index is 589. The number of carboxylic acid groups (broad SMARTS) is 1. The maximum absolute atomic E-state index is 11.4. The molecule has 2 heterocycles. The maximum atomic E-state index is 11.4. The number of hydrogen-bond acceptors (Lipinski definition) is 3. The monoisotopic (exact) mass is 261 g/mol. The van der Waals surface area contributed by atoms with E-state index in [-0.39, 0.29) is 0 Å². The van der Waals surface area contributed by atoms with Crippen molar-refractivity contribution < 1.29 is 9.90 Å². The van der Waals surface area contributed by atoms with Crippen LogP contribution in [0.3, 0.4) is 0 Å². The summed E-state index contributed by atoms with van der Waals surface area (Å²) in [6, 6.07) is 1.94. The highest BCUT2D eigenvalue weighted by molar-refractivity contribution is 5.78. The van der Waals surface area contributed by atoms with Crippen molar-refractivity contribution in [3.63, 3.8) is 0 Å². The van der Waals surface area contributed by atoms with Crippen molar-refractivity contribution in [3.8, 4) is 0 Å². The second-order valence-corrected chi connectivity index (χ2v) is 5.05. The third-order valence-corrected chi connectivity index (χ3v) is 3.24. The average molecular weight is 261 g/mol. The fourth-order valence-electron chi connectivity index (χ4n) is 2.18. The maximum Gasteiger partial charge on any atom is 0.312 e. The number of carbonyl (C=O) groups is 1. The van der Waals surface area contributed by atoms with Crippen molar-refractivity contribution in [2.75, 3.05) is 0 Å². The van der Waals surface area contributed by atoms with Gasteiger partial charge in [0.05, 0.1) is 16.9 Å². The van der Waals surface area contributed by atoms with E-state index in [4.69, 9.17) is 0 Å². The predicted molar refractivity (Wildman–Crippen MR) is 72.4 cm³/mol. The molecule has 2 aromatic rings. The number of nitrogens with zero attached hydrogens (tertiary/aromatic N) is 3. The summed E-state index contributed by atoms with van der Waals surface area (Å²) in [5.74, 6) is -1.08. The summed E-state index contributed by atoms with van der Waals surface area (Å²) in [6.07, 6.45) is 4.77. The van der Waals surface area contributed by atoms with Gasteiger partial charge in [0.15, 0.2) is 0 Å². The molecule has 0 aromatic carbocycles. The van der Waals surface area contributed by atoms with Crippen LogP contribution in [0.2, 0.25) is 0 Å². The molecule has 0 bridgehead atoms. The quantitative estimate of drug-likeness (QED) is 0.898. The van der Waals surface area contributed by atoms with Gasteiger partial charge in [-0.15, -0.1) is 0 Å². The van der Waals surface area contributed by atoms with Gasteiger partial charge in [-0.05, 0) is 18.4 Å². The highest BCUT2D eigenvalue weighted by atomic mass is 16.4. The van der Waals surface area contributed by atoms with Crippen molar-refractivity contribution >= 4 is 11.5 Å². The molecule has 0 aliphatic heterocycles. The van der Waals surface area contributed by atoms with Crippen LogP contribution in [0.25, 0.3) is 5.52 Å². The van der Waals surface area contributed by atoms with Crippen LogP contribution in [0.5, 0.6) is 0 Å². The molecule has 0 amide bonds. The molecule has 0 saturated carbocycles. The molecule has 0 aliphatic rings. The van der Waals surface area contributed by atoms with Crippen molar-refractivity contribution in [3.05, 3.63) is 29.8 Å². The lowest BCUT2D eigenvalue weighted by Gasteiger charge is -2.11. The molecule has 0 fully saturated rings. The van der Waals surface area contributed by atoms with E-state index < -0.39 is 11.9 Å². The van der Waals surface area contributed by atoms with Gasteiger partial charge in [0.1, 0.15) is 5.92 Å². The summed E-state index contributed by atoms with van der Waals surface area (Å²) in [4.78, 5) is 15.7. The zero-order valence-corrected chi connectivity index (χ0v) is 11.5.